The molecule has 118 valence electrons. The normalized spacial score (nSPS) is 17.6. The number of aryl methyl sites for hydroxylation is 1. The van der Waals surface area contributed by atoms with Gasteiger partial charge in [0.15, 0.2) is 0 Å². The van der Waals surface area contributed by atoms with Crippen molar-refractivity contribution < 1.29 is 14.6 Å². The number of aliphatic hydroxyl groups excluding tert-OH is 1. The van der Waals surface area contributed by atoms with Gasteiger partial charge in [0.1, 0.15) is 0 Å². The maximum atomic E-state index is 12.1. The Bertz CT molecular complexity index is 419. The molecule has 6 heteroatoms. The molecule has 1 fully saturated rings. The summed E-state index contributed by atoms with van der Waals surface area (Å²) in [5.74, 6) is 0.0854. The number of rotatable bonds is 7. The second-order valence-corrected chi connectivity index (χ2v) is 6.25. The first kappa shape index (κ1) is 16.4. The Morgan fingerprint density at radius 3 is 2.95 bits per heavy atom. The Balaban J connectivity index is 1.66. The van der Waals surface area contributed by atoms with E-state index in [-0.39, 0.29) is 5.91 Å². The van der Waals surface area contributed by atoms with E-state index in [4.69, 9.17) is 4.74 Å². The Morgan fingerprint density at radius 2 is 2.29 bits per heavy atom. The maximum absolute atomic E-state index is 12.1. The molecule has 1 amide bonds. The predicted molar refractivity (Wildman–Crippen MR) is 83.5 cm³/mol. The standard InChI is InChI=1S/C15H24N2O3S/c1-16(15(19)3-2-13-4-9-21-12-13)10-14(18)11-17-5-7-20-8-6-17/h4,9,12,14,18H,2-3,5-8,10-11H2,1H3. The van der Waals surface area contributed by atoms with Crippen LogP contribution in [-0.4, -0.2) is 73.4 Å². The zero-order valence-corrected chi connectivity index (χ0v) is 13.3. The molecule has 5 nitrogen and oxygen atoms in total. The molecule has 1 aliphatic rings. The zero-order chi connectivity index (χ0) is 15.1. The number of hydrogen-bond acceptors (Lipinski definition) is 5. The molecule has 1 aromatic rings. The first-order chi connectivity index (χ1) is 10.1. The topological polar surface area (TPSA) is 53.0 Å². The van der Waals surface area contributed by atoms with Crippen molar-refractivity contribution in [1.29, 1.82) is 0 Å². The number of amides is 1. The number of hydrogen-bond donors (Lipinski definition) is 1. The van der Waals surface area contributed by atoms with Crippen molar-refractivity contribution >= 4 is 17.2 Å². The van der Waals surface area contributed by atoms with E-state index in [2.05, 4.69) is 10.3 Å². The summed E-state index contributed by atoms with van der Waals surface area (Å²) in [6.45, 7) is 4.15. The number of β-amino-alcohol motifs (C(OH)–C–C–N with tert-alkyl or cyclic N) is 1. The third-order valence-electron chi connectivity index (χ3n) is 3.69. The summed E-state index contributed by atoms with van der Waals surface area (Å²) in [4.78, 5) is 15.9. The number of ether oxygens (including phenoxy) is 1. The number of thiophene rings is 1. The van der Waals surface area contributed by atoms with Crippen LogP contribution < -0.4 is 0 Å². The van der Waals surface area contributed by atoms with E-state index in [0.717, 1.165) is 32.7 Å². The molecular formula is C15H24N2O3S. The molecule has 0 bridgehead atoms. The molecule has 0 aromatic carbocycles. The van der Waals surface area contributed by atoms with Gasteiger partial charge in [-0.3, -0.25) is 9.69 Å². The van der Waals surface area contributed by atoms with E-state index in [1.807, 2.05) is 11.4 Å². The summed E-state index contributed by atoms with van der Waals surface area (Å²) < 4.78 is 5.28. The highest BCUT2D eigenvalue weighted by Gasteiger charge is 2.18. The van der Waals surface area contributed by atoms with Gasteiger partial charge in [-0.05, 0) is 28.8 Å². The van der Waals surface area contributed by atoms with Crippen molar-refractivity contribution in [2.75, 3.05) is 46.4 Å². The van der Waals surface area contributed by atoms with Crippen molar-refractivity contribution in [2.24, 2.45) is 0 Å². The predicted octanol–water partition coefficient (Wildman–Crippen LogP) is 0.832. The fourth-order valence-corrected chi connectivity index (χ4v) is 3.14. The van der Waals surface area contributed by atoms with Gasteiger partial charge >= 0.3 is 0 Å². The molecule has 0 aliphatic carbocycles. The van der Waals surface area contributed by atoms with Gasteiger partial charge in [0.05, 0.1) is 19.3 Å². The van der Waals surface area contributed by atoms with E-state index >= 15 is 0 Å². The largest absolute Gasteiger partial charge is 0.390 e. The minimum absolute atomic E-state index is 0.0854. The van der Waals surface area contributed by atoms with Crippen LogP contribution in [-0.2, 0) is 16.0 Å². The van der Waals surface area contributed by atoms with Crippen LogP contribution in [0.4, 0.5) is 0 Å². The van der Waals surface area contributed by atoms with Crippen LogP contribution in [0.5, 0.6) is 0 Å². The number of carbonyl (C=O) groups is 1. The molecule has 21 heavy (non-hydrogen) atoms. The van der Waals surface area contributed by atoms with E-state index in [1.165, 1.54) is 5.56 Å². The van der Waals surface area contributed by atoms with Crippen LogP contribution in [0.15, 0.2) is 16.8 Å². The van der Waals surface area contributed by atoms with E-state index < -0.39 is 6.10 Å². The molecule has 0 radical (unpaired) electrons. The zero-order valence-electron chi connectivity index (χ0n) is 12.5. The van der Waals surface area contributed by atoms with Crippen LogP contribution in [0.2, 0.25) is 0 Å². The Kier molecular flexibility index (Phi) is 6.63. The van der Waals surface area contributed by atoms with Gasteiger partial charge in [-0.15, -0.1) is 0 Å². The summed E-state index contributed by atoms with van der Waals surface area (Å²) in [6.07, 6.45) is 0.766. The highest BCUT2D eigenvalue weighted by Crippen LogP contribution is 2.09. The van der Waals surface area contributed by atoms with Gasteiger partial charge in [0.2, 0.25) is 5.91 Å². The molecule has 1 aromatic heterocycles. The van der Waals surface area contributed by atoms with Crippen LogP contribution in [0.1, 0.15) is 12.0 Å². The lowest BCUT2D eigenvalue weighted by molar-refractivity contribution is -0.131. The number of carbonyl (C=O) groups excluding carboxylic acids is 1. The Hall–Kier alpha value is -0.950. The second kappa shape index (κ2) is 8.48. The number of nitrogens with zero attached hydrogens (tertiary/aromatic N) is 2. The third-order valence-corrected chi connectivity index (χ3v) is 4.42. The molecule has 1 atom stereocenters. The number of aliphatic hydroxyl groups is 1. The summed E-state index contributed by atoms with van der Waals surface area (Å²) >= 11 is 1.65. The van der Waals surface area contributed by atoms with E-state index in [0.29, 0.717) is 19.5 Å². The minimum Gasteiger partial charge on any atom is -0.390 e. The van der Waals surface area contributed by atoms with E-state index in [1.54, 1.807) is 23.3 Å². The van der Waals surface area contributed by atoms with Gasteiger partial charge < -0.3 is 14.7 Å². The molecule has 1 N–H and O–H groups in total. The molecular weight excluding hydrogens is 288 g/mol. The highest BCUT2D eigenvalue weighted by atomic mass is 32.1. The lowest BCUT2D eigenvalue weighted by Gasteiger charge is -2.30. The van der Waals surface area contributed by atoms with Gasteiger partial charge in [0, 0.05) is 39.6 Å². The van der Waals surface area contributed by atoms with Crippen molar-refractivity contribution in [3.8, 4) is 0 Å². The quantitative estimate of drug-likeness (QED) is 0.810. The lowest BCUT2D eigenvalue weighted by atomic mass is 10.2. The molecule has 2 rings (SSSR count). The minimum atomic E-state index is -0.502. The van der Waals surface area contributed by atoms with Crippen molar-refractivity contribution in [3.63, 3.8) is 0 Å². The van der Waals surface area contributed by atoms with Crippen LogP contribution >= 0.6 is 11.3 Å². The maximum Gasteiger partial charge on any atom is 0.222 e. The van der Waals surface area contributed by atoms with Crippen molar-refractivity contribution in [3.05, 3.63) is 22.4 Å². The van der Waals surface area contributed by atoms with Crippen molar-refractivity contribution in [2.45, 2.75) is 18.9 Å². The third kappa shape index (κ3) is 5.74. The average molecular weight is 312 g/mol. The molecule has 1 aliphatic heterocycles. The fraction of sp³-hybridized carbons (Fsp3) is 0.667. The number of morpholine rings is 1. The first-order valence-electron chi connectivity index (χ1n) is 7.38. The first-order valence-corrected chi connectivity index (χ1v) is 8.32. The smallest absolute Gasteiger partial charge is 0.222 e. The molecule has 0 spiro atoms. The highest BCUT2D eigenvalue weighted by molar-refractivity contribution is 7.07. The van der Waals surface area contributed by atoms with Gasteiger partial charge in [0.25, 0.3) is 0 Å². The summed E-state index contributed by atoms with van der Waals surface area (Å²) in [5.41, 5.74) is 1.20. The second-order valence-electron chi connectivity index (χ2n) is 5.47. The molecule has 2 heterocycles. The number of likely N-dealkylation sites (N-methyl/N-ethyl adjacent to an activating group) is 1. The lowest BCUT2D eigenvalue weighted by Crippen LogP contribution is -2.45. The Labute approximate surface area is 130 Å². The molecule has 1 unspecified atom stereocenters. The summed E-state index contributed by atoms with van der Waals surface area (Å²) in [5, 5.41) is 14.2. The SMILES string of the molecule is CN(CC(O)CN1CCOCC1)C(=O)CCc1ccsc1. The molecule has 0 saturated carbocycles. The fourth-order valence-electron chi connectivity index (χ4n) is 2.43. The average Bonchev–Trinajstić information content (AvgIpc) is 2.98. The van der Waals surface area contributed by atoms with Gasteiger partial charge in [-0.1, -0.05) is 0 Å². The monoisotopic (exact) mass is 312 g/mol. The van der Waals surface area contributed by atoms with E-state index in [9.17, 15) is 9.90 Å². The van der Waals surface area contributed by atoms with Gasteiger partial charge in [-0.2, -0.15) is 11.3 Å². The summed E-state index contributed by atoms with van der Waals surface area (Å²) in [6, 6.07) is 2.05. The van der Waals surface area contributed by atoms with Crippen LogP contribution in [0, 0.1) is 0 Å². The van der Waals surface area contributed by atoms with Crippen LogP contribution in [0.3, 0.4) is 0 Å². The van der Waals surface area contributed by atoms with Gasteiger partial charge in [-0.25, -0.2) is 0 Å². The molecule has 1 saturated heterocycles. The van der Waals surface area contributed by atoms with Crippen molar-refractivity contribution in [1.82, 2.24) is 9.80 Å². The Morgan fingerprint density at radius 1 is 1.52 bits per heavy atom. The van der Waals surface area contributed by atoms with Crippen LogP contribution in [0.25, 0.3) is 0 Å². The summed E-state index contributed by atoms with van der Waals surface area (Å²) in [7, 11) is 1.76.